The van der Waals surface area contributed by atoms with Gasteiger partial charge in [0.1, 0.15) is 5.70 Å². The molecule has 6 nitrogen and oxygen atoms in total. The molecule has 0 spiro atoms. The molecule has 0 saturated carbocycles. The molecule has 15 heavy (non-hydrogen) atoms. The normalized spacial score (nSPS) is 15.1. The van der Waals surface area contributed by atoms with Crippen LogP contribution in [0.5, 0.6) is 0 Å². The molecule has 0 fully saturated rings. The minimum absolute atomic E-state index is 0.0659. The van der Waals surface area contributed by atoms with Crippen LogP contribution >= 0.6 is 0 Å². The summed E-state index contributed by atoms with van der Waals surface area (Å²) in [5.41, 5.74) is -0.524. The Labute approximate surface area is 84.7 Å². The molecule has 2 rings (SSSR count). The van der Waals surface area contributed by atoms with Crippen molar-refractivity contribution in [2.75, 3.05) is 10.1 Å². The smallest absolute Gasteiger partial charge is 0.304 e. The summed E-state index contributed by atoms with van der Waals surface area (Å²) in [6.07, 6.45) is 0. The molecule has 1 heterocycles. The van der Waals surface area contributed by atoms with Gasteiger partial charge in [-0.25, -0.2) is 5.87 Å². The Morgan fingerprint density at radius 3 is 2.53 bits per heavy atom. The SMILES string of the molecule is [N-]=C=C1C(=O)N(O)c2ccccc2N1[O-]. The largest absolute Gasteiger partial charge is 0.761 e. The number of carbonyl (C=O) groups excluding carboxylic acids is 1. The van der Waals surface area contributed by atoms with Crippen LogP contribution in [0.2, 0.25) is 0 Å². The van der Waals surface area contributed by atoms with E-state index in [1.807, 2.05) is 0 Å². The van der Waals surface area contributed by atoms with Crippen molar-refractivity contribution in [3.63, 3.8) is 0 Å². The average Bonchev–Trinajstić information content (AvgIpc) is 2.27. The quantitative estimate of drug-likeness (QED) is 0.384. The molecule has 0 aliphatic carbocycles. The van der Waals surface area contributed by atoms with E-state index in [0.717, 1.165) is 0 Å². The summed E-state index contributed by atoms with van der Waals surface area (Å²) in [6.45, 7) is 0. The van der Waals surface area contributed by atoms with Gasteiger partial charge in [-0.1, -0.05) is 12.1 Å². The Morgan fingerprint density at radius 2 is 1.93 bits per heavy atom. The zero-order chi connectivity index (χ0) is 11.0. The second-order valence-corrected chi connectivity index (χ2v) is 2.86. The first kappa shape index (κ1) is 9.42. The minimum atomic E-state index is -1.02. The van der Waals surface area contributed by atoms with E-state index in [0.29, 0.717) is 5.06 Å². The second-order valence-electron chi connectivity index (χ2n) is 2.86. The standard InChI is InChI=1S/C9H5N3O3/c10-5-8-9(13)12(15)7-4-2-1-3-6(7)11(8)14/h1-4,15H/q-2. The highest BCUT2D eigenvalue weighted by Crippen LogP contribution is 2.34. The van der Waals surface area contributed by atoms with Gasteiger partial charge in [0.2, 0.25) is 0 Å². The Balaban J connectivity index is 2.67. The lowest BCUT2D eigenvalue weighted by Gasteiger charge is -2.39. The summed E-state index contributed by atoms with van der Waals surface area (Å²) < 4.78 is 0. The lowest BCUT2D eigenvalue weighted by molar-refractivity contribution is -0.120. The van der Waals surface area contributed by atoms with Gasteiger partial charge in [0.05, 0.1) is 11.4 Å². The van der Waals surface area contributed by atoms with Crippen LogP contribution in [-0.2, 0) is 4.79 Å². The fourth-order valence-electron chi connectivity index (χ4n) is 1.33. The van der Waals surface area contributed by atoms with Crippen molar-refractivity contribution < 1.29 is 10.0 Å². The fraction of sp³-hybridized carbons (Fsp3) is 0. The highest BCUT2D eigenvalue weighted by molar-refractivity contribution is 6.16. The van der Waals surface area contributed by atoms with Gasteiger partial charge in [0.15, 0.2) is 0 Å². The molecule has 0 unspecified atom stereocenters. The first-order valence-corrected chi connectivity index (χ1v) is 4.03. The van der Waals surface area contributed by atoms with Gasteiger partial charge in [-0.3, -0.25) is 10.0 Å². The van der Waals surface area contributed by atoms with Crippen molar-refractivity contribution >= 4 is 23.2 Å². The highest BCUT2D eigenvalue weighted by Gasteiger charge is 2.27. The Bertz CT molecular complexity index is 479. The molecule has 1 amide bonds. The monoisotopic (exact) mass is 203 g/mol. The van der Waals surface area contributed by atoms with Crippen LogP contribution in [-0.4, -0.2) is 17.0 Å². The van der Waals surface area contributed by atoms with Crippen LogP contribution < -0.4 is 10.1 Å². The molecule has 0 aromatic heterocycles. The van der Waals surface area contributed by atoms with E-state index in [-0.39, 0.29) is 16.4 Å². The first-order valence-electron chi connectivity index (χ1n) is 4.03. The first-order chi connectivity index (χ1) is 7.16. The third-order valence-corrected chi connectivity index (χ3v) is 2.03. The number of amides is 1. The number of benzene rings is 1. The van der Waals surface area contributed by atoms with Gasteiger partial charge in [-0.15, -0.1) is 0 Å². The zero-order valence-electron chi connectivity index (χ0n) is 7.41. The lowest BCUT2D eigenvalue weighted by atomic mass is 10.2. The number of hydrogen-bond donors (Lipinski definition) is 1. The van der Waals surface area contributed by atoms with E-state index in [2.05, 4.69) is 0 Å². The Kier molecular flexibility index (Phi) is 2.02. The van der Waals surface area contributed by atoms with E-state index in [1.54, 1.807) is 12.1 Å². The minimum Gasteiger partial charge on any atom is -0.761 e. The Hall–Kier alpha value is -2.14. The van der Waals surface area contributed by atoms with Crippen molar-refractivity contribution in [3.05, 3.63) is 40.6 Å². The van der Waals surface area contributed by atoms with Crippen LogP contribution in [0.3, 0.4) is 0 Å². The molecule has 76 valence electrons. The molecular weight excluding hydrogens is 198 g/mol. The van der Waals surface area contributed by atoms with Gasteiger partial charge >= 0.3 is 5.91 Å². The number of rotatable bonds is 0. The molecule has 1 aromatic carbocycles. The van der Waals surface area contributed by atoms with Gasteiger partial charge in [0, 0.05) is 0 Å². The molecule has 0 radical (unpaired) electrons. The number of anilines is 2. The van der Waals surface area contributed by atoms with Crippen molar-refractivity contribution in [1.29, 1.82) is 0 Å². The van der Waals surface area contributed by atoms with Gasteiger partial charge in [-0.05, 0) is 12.1 Å². The molecule has 0 atom stereocenters. The summed E-state index contributed by atoms with van der Waals surface area (Å²) in [5, 5.41) is 30.0. The number of nitrogens with zero attached hydrogens (tertiary/aromatic N) is 3. The van der Waals surface area contributed by atoms with Crippen molar-refractivity contribution in [2.24, 2.45) is 0 Å². The van der Waals surface area contributed by atoms with Crippen LogP contribution in [0.15, 0.2) is 30.0 Å². The molecule has 6 heteroatoms. The summed E-state index contributed by atoms with van der Waals surface area (Å²) in [7, 11) is 0. The van der Waals surface area contributed by atoms with E-state index >= 15 is 0 Å². The summed E-state index contributed by atoms with van der Waals surface area (Å²) >= 11 is 0. The maximum atomic E-state index is 11.5. The number of hydrogen-bond acceptors (Lipinski definition) is 4. The Morgan fingerprint density at radius 1 is 1.33 bits per heavy atom. The van der Waals surface area contributed by atoms with Crippen LogP contribution in [0.1, 0.15) is 0 Å². The molecular formula is C9H5N3O3-2. The number of hydroxylamine groups is 2. The summed E-state index contributed by atoms with van der Waals surface area (Å²) in [5.74, 6) is 0.432. The molecule has 0 bridgehead atoms. The van der Waals surface area contributed by atoms with Crippen molar-refractivity contribution in [1.82, 2.24) is 0 Å². The van der Waals surface area contributed by atoms with Crippen molar-refractivity contribution in [2.45, 2.75) is 0 Å². The van der Waals surface area contributed by atoms with Crippen LogP contribution in [0.4, 0.5) is 11.4 Å². The fourth-order valence-corrected chi connectivity index (χ4v) is 1.33. The predicted molar refractivity (Wildman–Crippen MR) is 53.4 cm³/mol. The zero-order valence-corrected chi connectivity index (χ0v) is 7.41. The van der Waals surface area contributed by atoms with Gasteiger partial charge in [0.25, 0.3) is 0 Å². The lowest BCUT2D eigenvalue weighted by Crippen LogP contribution is -2.40. The summed E-state index contributed by atoms with van der Waals surface area (Å²) in [6, 6.07) is 5.96. The highest BCUT2D eigenvalue weighted by atomic mass is 16.5. The number of carbonyl (C=O) groups is 1. The van der Waals surface area contributed by atoms with E-state index < -0.39 is 11.6 Å². The number of para-hydroxylation sites is 2. The third-order valence-electron chi connectivity index (χ3n) is 2.03. The summed E-state index contributed by atoms with van der Waals surface area (Å²) in [4.78, 5) is 11.3. The maximum absolute atomic E-state index is 11.5. The molecule has 1 aromatic rings. The maximum Gasteiger partial charge on any atom is 0.304 e. The number of fused-ring (bicyclic) bond motifs is 1. The van der Waals surface area contributed by atoms with E-state index in [9.17, 15) is 15.2 Å². The topological polar surface area (TPSA) is 89.1 Å². The van der Waals surface area contributed by atoms with E-state index in [4.69, 9.17) is 5.41 Å². The third kappa shape index (κ3) is 1.21. The van der Waals surface area contributed by atoms with Gasteiger partial charge < -0.3 is 15.7 Å². The van der Waals surface area contributed by atoms with E-state index in [1.165, 1.54) is 18.0 Å². The molecule has 1 N–H and O–H groups in total. The molecule has 1 aliphatic rings. The molecule has 0 saturated heterocycles. The van der Waals surface area contributed by atoms with Gasteiger partial charge in [-0.2, -0.15) is 5.06 Å². The van der Waals surface area contributed by atoms with Crippen molar-refractivity contribution in [3.8, 4) is 0 Å². The van der Waals surface area contributed by atoms with Crippen LogP contribution in [0.25, 0.3) is 5.41 Å². The average molecular weight is 203 g/mol. The van der Waals surface area contributed by atoms with Crippen LogP contribution in [0, 0.1) is 5.21 Å². The second kappa shape index (κ2) is 3.21. The molecule has 1 aliphatic heterocycles. The predicted octanol–water partition coefficient (Wildman–Crippen LogP) is 0.850.